The zero-order chi connectivity index (χ0) is 13.8. The van der Waals surface area contributed by atoms with Crippen molar-refractivity contribution in [3.8, 4) is 17.2 Å². The molecule has 0 fully saturated rings. The van der Waals surface area contributed by atoms with Crippen molar-refractivity contribution in [1.29, 1.82) is 0 Å². The third-order valence-electron chi connectivity index (χ3n) is 2.85. The summed E-state index contributed by atoms with van der Waals surface area (Å²) in [5, 5.41) is 3.92. The molecule has 3 rings (SSSR count). The standard InChI is InChI=1S/C16H14N2O2/c1-12-6-5-9-14(10-12)19-11-15-17-16(20-18-15)13-7-3-2-4-8-13/h2-10H,11H2,1H3. The van der Waals surface area contributed by atoms with Gasteiger partial charge in [-0.15, -0.1) is 0 Å². The minimum Gasteiger partial charge on any atom is -0.485 e. The van der Waals surface area contributed by atoms with Crippen LogP contribution < -0.4 is 4.74 Å². The first-order valence-corrected chi connectivity index (χ1v) is 6.39. The lowest BCUT2D eigenvalue weighted by Gasteiger charge is -2.03. The second kappa shape index (κ2) is 5.57. The number of aromatic nitrogens is 2. The Kier molecular flexibility index (Phi) is 3.46. The summed E-state index contributed by atoms with van der Waals surface area (Å²) in [5.41, 5.74) is 2.06. The Morgan fingerprint density at radius 3 is 2.70 bits per heavy atom. The van der Waals surface area contributed by atoms with Crippen LogP contribution in [0.1, 0.15) is 11.4 Å². The van der Waals surface area contributed by atoms with E-state index in [1.807, 2.05) is 61.5 Å². The Morgan fingerprint density at radius 2 is 1.90 bits per heavy atom. The summed E-state index contributed by atoms with van der Waals surface area (Å²) in [6.07, 6.45) is 0. The van der Waals surface area contributed by atoms with Crippen LogP contribution in [0.15, 0.2) is 59.1 Å². The number of benzene rings is 2. The number of ether oxygens (including phenoxy) is 1. The molecule has 4 nitrogen and oxygen atoms in total. The predicted octanol–water partition coefficient (Wildman–Crippen LogP) is 3.62. The van der Waals surface area contributed by atoms with Crippen LogP contribution in [0, 0.1) is 6.92 Å². The molecule has 0 aliphatic rings. The summed E-state index contributed by atoms with van der Waals surface area (Å²) in [6, 6.07) is 17.5. The van der Waals surface area contributed by atoms with Gasteiger partial charge < -0.3 is 9.26 Å². The molecule has 3 aromatic rings. The molecule has 0 spiro atoms. The van der Waals surface area contributed by atoms with Gasteiger partial charge in [-0.25, -0.2) is 0 Å². The number of hydrogen-bond donors (Lipinski definition) is 0. The van der Waals surface area contributed by atoms with Crippen LogP contribution in [0.3, 0.4) is 0 Å². The maximum atomic E-state index is 5.64. The quantitative estimate of drug-likeness (QED) is 0.723. The van der Waals surface area contributed by atoms with Crippen molar-refractivity contribution < 1.29 is 9.26 Å². The second-order valence-electron chi connectivity index (χ2n) is 4.49. The fourth-order valence-corrected chi connectivity index (χ4v) is 1.86. The molecular weight excluding hydrogens is 252 g/mol. The normalized spacial score (nSPS) is 10.4. The largest absolute Gasteiger partial charge is 0.485 e. The smallest absolute Gasteiger partial charge is 0.258 e. The van der Waals surface area contributed by atoms with Gasteiger partial charge in [0.25, 0.3) is 5.89 Å². The molecule has 0 saturated heterocycles. The van der Waals surface area contributed by atoms with Gasteiger partial charge in [0.15, 0.2) is 6.61 Å². The molecular formula is C16H14N2O2. The maximum Gasteiger partial charge on any atom is 0.258 e. The topological polar surface area (TPSA) is 48.2 Å². The van der Waals surface area contributed by atoms with Crippen LogP contribution in [-0.2, 0) is 6.61 Å². The summed E-state index contributed by atoms with van der Waals surface area (Å²) < 4.78 is 10.9. The van der Waals surface area contributed by atoms with Crippen LogP contribution in [0.2, 0.25) is 0 Å². The van der Waals surface area contributed by atoms with E-state index in [9.17, 15) is 0 Å². The monoisotopic (exact) mass is 266 g/mol. The van der Waals surface area contributed by atoms with Gasteiger partial charge in [-0.3, -0.25) is 0 Å². The van der Waals surface area contributed by atoms with Crippen LogP contribution >= 0.6 is 0 Å². The number of aryl methyl sites for hydroxylation is 1. The Bertz CT molecular complexity index is 692. The molecule has 0 aliphatic carbocycles. The highest BCUT2D eigenvalue weighted by atomic mass is 16.5. The molecule has 0 unspecified atom stereocenters. The Labute approximate surface area is 117 Å². The van der Waals surface area contributed by atoms with E-state index in [1.165, 1.54) is 0 Å². The molecule has 2 aromatic carbocycles. The van der Waals surface area contributed by atoms with Crippen molar-refractivity contribution in [3.63, 3.8) is 0 Å². The first-order chi connectivity index (χ1) is 9.81. The Morgan fingerprint density at radius 1 is 1.05 bits per heavy atom. The number of hydrogen-bond acceptors (Lipinski definition) is 4. The lowest BCUT2D eigenvalue weighted by atomic mass is 10.2. The molecule has 1 heterocycles. The van der Waals surface area contributed by atoms with Crippen molar-refractivity contribution in [2.75, 3.05) is 0 Å². The van der Waals surface area contributed by atoms with Gasteiger partial charge in [-0.05, 0) is 36.8 Å². The van der Waals surface area contributed by atoms with Gasteiger partial charge >= 0.3 is 0 Å². The van der Waals surface area contributed by atoms with Gasteiger partial charge in [-0.1, -0.05) is 35.5 Å². The predicted molar refractivity (Wildman–Crippen MR) is 75.2 cm³/mol. The second-order valence-corrected chi connectivity index (χ2v) is 4.49. The molecule has 0 bridgehead atoms. The summed E-state index contributed by atoms with van der Waals surface area (Å²) in [4.78, 5) is 4.32. The van der Waals surface area contributed by atoms with Crippen molar-refractivity contribution in [2.24, 2.45) is 0 Å². The zero-order valence-corrected chi connectivity index (χ0v) is 11.1. The van der Waals surface area contributed by atoms with Crippen molar-refractivity contribution in [3.05, 3.63) is 66.0 Å². The highest BCUT2D eigenvalue weighted by Crippen LogP contribution is 2.17. The molecule has 0 atom stereocenters. The van der Waals surface area contributed by atoms with E-state index >= 15 is 0 Å². The molecule has 0 amide bonds. The lowest BCUT2D eigenvalue weighted by molar-refractivity contribution is 0.287. The van der Waals surface area contributed by atoms with E-state index in [-0.39, 0.29) is 0 Å². The Hall–Kier alpha value is -2.62. The summed E-state index contributed by atoms with van der Waals surface area (Å²) in [6.45, 7) is 2.31. The fraction of sp³-hybridized carbons (Fsp3) is 0.125. The average molecular weight is 266 g/mol. The first kappa shape index (κ1) is 12.4. The van der Waals surface area contributed by atoms with Gasteiger partial charge in [-0.2, -0.15) is 4.98 Å². The highest BCUT2D eigenvalue weighted by Gasteiger charge is 2.08. The summed E-state index contributed by atoms with van der Waals surface area (Å²) in [7, 11) is 0. The van der Waals surface area contributed by atoms with Crippen molar-refractivity contribution in [1.82, 2.24) is 10.1 Å². The average Bonchev–Trinajstić information content (AvgIpc) is 2.95. The Balaban J connectivity index is 1.69. The molecule has 0 aliphatic heterocycles. The van der Waals surface area contributed by atoms with Crippen LogP contribution in [0.4, 0.5) is 0 Å². The zero-order valence-electron chi connectivity index (χ0n) is 11.1. The minimum atomic E-state index is 0.291. The molecule has 0 N–H and O–H groups in total. The van der Waals surface area contributed by atoms with Gasteiger partial charge in [0.1, 0.15) is 5.75 Å². The van der Waals surface area contributed by atoms with Crippen LogP contribution in [0.25, 0.3) is 11.5 Å². The van der Waals surface area contributed by atoms with E-state index in [4.69, 9.17) is 9.26 Å². The van der Waals surface area contributed by atoms with Crippen molar-refractivity contribution >= 4 is 0 Å². The van der Waals surface area contributed by atoms with E-state index in [0.29, 0.717) is 18.3 Å². The highest BCUT2D eigenvalue weighted by molar-refractivity contribution is 5.51. The van der Waals surface area contributed by atoms with E-state index < -0.39 is 0 Å². The summed E-state index contributed by atoms with van der Waals surface area (Å²) >= 11 is 0. The first-order valence-electron chi connectivity index (χ1n) is 6.39. The van der Waals surface area contributed by atoms with E-state index in [0.717, 1.165) is 16.9 Å². The van der Waals surface area contributed by atoms with Crippen molar-refractivity contribution in [2.45, 2.75) is 13.5 Å². The molecule has 100 valence electrons. The number of nitrogens with zero attached hydrogens (tertiary/aromatic N) is 2. The maximum absolute atomic E-state index is 5.64. The summed E-state index contributed by atoms with van der Waals surface area (Å²) in [5.74, 6) is 1.84. The van der Waals surface area contributed by atoms with Gasteiger partial charge in [0.2, 0.25) is 5.82 Å². The van der Waals surface area contributed by atoms with Gasteiger partial charge in [0, 0.05) is 5.56 Å². The molecule has 20 heavy (non-hydrogen) atoms. The SMILES string of the molecule is Cc1cccc(OCc2noc(-c3ccccc3)n2)c1. The van der Waals surface area contributed by atoms with Crippen LogP contribution in [-0.4, -0.2) is 10.1 Å². The number of rotatable bonds is 4. The third-order valence-corrected chi connectivity index (χ3v) is 2.85. The van der Waals surface area contributed by atoms with Crippen LogP contribution in [0.5, 0.6) is 5.75 Å². The minimum absolute atomic E-state index is 0.291. The molecule has 0 saturated carbocycles. The molecule has 4 heteroatoms. The van der Waals surface area contributed by atoms with Gasteiger partial charge in [0.05, 0.1) is 0 Å². The molecule has 0 radical (unpaired) electrons. The third kappa shape index (κ3) is 2.85. The lowest BCUT2D eigenvalue weighted by Crippen LogP contribution is -1.97. The molecule has 1 aromatic heterocycles. The van der Waals surface area contributed by atoms with E-state index in [2.05, 4.69) is 10.1 Å². The fourth-order valence-electron chi connectivity index (χ4n) is 1.86. The van der Waals surface area contributed by atoms with E-state index in [1.54, 1.807) is 0 Å².